The van der Waals surface area contributed by atoms with E-state index in [4.69, 9.17) is 5.73 Å². The van der Waals surface area contributed by atoms with Crippen LogP contribution in [0.5, 0.6) is 0 Å². The number of nitrogens with zero attached hydrogens (tertiary/aromatic N) is 3. The number of alkyl halides is 3. The summed E-state index contributed by atoms with van der Waals surface area (Å²) in [6, 6.07) is 0. The number of nitrogen functional groups attached to an aromatic ring is 1. The highest BCUT2D eigenvalue weighted by molar-refractivity contribution is 5.22. The van der Waals surface area contributed by atoms with Crippen LogP contribution in [0.2, 0.25) is 0 Å². The SMILES string of the molecule is Nc1cnc(CN2CCCC(C(F)(F)F)C2)cn1. The molecule has 0 aliphatic carbocycles. The molecule has 0 saturated carbocycles. The van der Waals surface area contributed by atoms with Crippen LogP contribution in [0.3, 0.4) is 0 Å². The van der Waals surface area contributed by atoms with Crippen molar-refractivity contribution in [3.05, 3.63) is 18.1 Å². The number of likely N-dealkylation sites (tertiary alicyclic amines) is 1. The van der Waals surface area contributed by atoms with Crippen LogP contribution in [0.25, 0.3) is 0 Å². The summed E-state index contributed by atoms with van der Waals surface area (Å²) >= 11 is 0. The van der Waals surface area contributed by atoms with Crippen molar-refractivity contribution < 1.29 is 13.2 Å². The molecular formula is C11H15F3N4. The summed E-state index contributed by atoms with van der Waals surface area (Å²) < 4.78 is 37.9. The van der Waals surface area contributed by atoms with Gasteiger partial charge in [-0.2, -0.15) is 13.2 Å². The fraction of sp³-hybridized carbons (Fsp3) is 0.636. The average Bonchev–Trinajstić information content (AvgIpc) is 2.31. The van der Waals surface area contributed by atoms with Crippen molar-refractivity contribution in [2.75, 3.05) is 18.8 Å². The van der Waals surface area contributed by atoms with Crippen molar-refractivity contribution in [3.63, 3.8) is 0 Å². The highest BCUT2D eigenvalue weighted by Crippen LogP contribution is 2.33. The van der Waals surface area contributed by atoms with Gasteiger partial charge in [-0.05, 0) is 19.4 Å². The summed E-state index contributed by atoms with van der Waals surface area (Å²) in [4.78, 5) is 9.69. The van der Waals surface area contributed by atoms with E-state index in [-0.39, 0.29) is 13.0 Å². The minimum absolute atomic E-state index is 0.0373. The molecule has 2 rings (SSSR count). The molecule has 1 fully saturated rings. The first-order valence-corrected chi connectivity index (χ1v) is 5.80. The minimum Gasteiger partial charge on any atom is -0.382 e. The van der Waals surface area contributed by atoms with Crippen LogP contribution in [0.1, 0.15) is 18.5 Å². The summed E-state index contributed by atoms with van der Waals surface area (Å²) in [6.07, 6.45) is -0.404. The molecule has 2 N–H and O–H groups in total. The average molecular weight is 260 g/mol. The molecule has 1 saturated heterocycles. The number of halogens is 3. The number of piperidine rings is 1. The third-order valence-electron chi connectivity index (χ3n) is 3.08. The molecule has 1 unspecified atom stereocenters. The maximum absolute atomic E-state index is 12.6. The summed E-state index contributed by atoms with van der Waals surface area (Å²) in [7, 11) is 0. The Bertz CT molecular complexity index is 390. The number of rotatable bonds is 2. The van der Waals surface area contributed by atoms with Gasteiger partial charge in [0, 0.05) is 13.1 Å². The Balaban J connectivity index is 1.95. The van der Waals surface area contributed by atoms with Crippen molar-refractivity contribution in [2.24, 2.45) is 5.92 Å². The molecule has 0 bridgehead atoms. The van der Waals surface area contributed by atoms with Crippen LogP contribution >= 0.6 is 0 Å². The van der Waals surface area contributed by atoms with Crippen molar-refractivity contribution >= 4 is 5.82 Å². The first kappa shape index (κ1) is 13.1. The fourth-order valence-electron chi connectivity index (χ4n) is 2.14. The van der Waals surface area contributed by atoms with Crippen molar-refractivity contribution in [2.45, 2.75) is 25.6 Å². The first-order chi connectivity index (χ1) is 8.45. The van der Waals surface area contributed by atoms with Crippen molar-refractivity contribution in [1.29, 1.82) is 0 Å². The van der Waals surface area contributed by atoms with Gasteiger partial charge in [-0.3, -0.25) is 9.88 Å². The maximum atomic E-state index is 12.6. The number of hydrogen-bond acceptors (Lipinski definition) is 4. The quantitative estimate of drug-likeness (QED) is 0.881. The van der Waals surface area contributed by atoms with Crippen LogP contribution in [-0.2, 0) is 6.54 Å². The van der Waals surface area contributed by atoms with Gasteiger partial charge in [0.2, 0.25) is 0 Å². The van der Waals surface area contributed by atoms with E-state index in [0.29, 0.717) is 31.0 Å². The van der Waals surface area contributed by atoms with E-state index in [2.05, 4.69) is 9.97 Å². The number of anilines is 1. The fourth-order valence-corrected chi connectivity index (χ4v) is 2.14. The standard InChI is InChI=1S/C11H15F3N4/c12-11(13,14)8-2-1-3-18(6-8)7-9-4-17-10(15)5-16-9/h4-5,8H,1-3,6-7H2,(H2,15,17). The van der Waals surface area contributed by atoms with Gasteiger partial charge >= 0.3 is 6.18 Å². The predicted octanol–water partition coefficient (Wildman–Crippen LogP) is 1.83. The number of hydrogen-bond donors (Lipinski definition) is 1. The van der Waals surface area contributed by atoms with Gasteiger partial charge in [0.1, 0.15) is 5.82 Å². The molecule has 4 nitrogen and oxygen atoms in total. The lowest BCUT2D eigenvalue weighted by atomic mass is 9.97. The predicted molar refractivity (Wildman–Crippen MR) is 60.5 cm³/mol. The Morgan fingerprint density at radius 2 is 2.11 bits per heavy atom. The molecular weight excluding hydrogens is 245 g/mol. The summed E-state index contributed by atoms with van der Waals surface area (Å²) in [5.74, 6) is -0.918. The molecule has 0 amide bonds. The van der Waals surface area contributed by atoms with E-state index < -0.39 is 12.1 Å². The van der Waals surface area contributed by atoms with Crippen LogP contribution in [0, 0.1) is 5.92 Å². The van der Waals surface area contributed by atoms with Gasteiger partial charge in [0.15, 0.2) is 0 Å². The smallest absolute Gasteiger partial charge is 0.382 e. The van der Waals surface area contributed by atoms with E-state index in [0.717, 1.165) is 0 Å². The van der Waals surface area contributed by atoms with Gasteiger partial charge in [0.25, 0.3) is 0 Å². The summed E-state index contributed by atoms with van der Waals surface area (Å²) in [5.41, 5.74) is 6.05. The zero-order valence-corrected chi connectivity index (χ0v) is 9.82. The molecule has 7 heteroatoms. The van der Waals surface area contributed by atoms with E-state index in [1.165, 1.54) is 12.4 Å². The van der Waals surface area contributed by atoms with Gasteiger partial charge < -0.3 is 5.73 Å². The summed E-state index contributed by atoms with van der Waals surface area (Å²) in [5, 5.41) is 0. The molecule has 1 aromatic heterocycles. The van der Waals surface area contributed by atoms with E-state index in [9.17, 15) is 13.2 Å². The Morgan fingerprint density at radius 3 is 2.72 bits per heavy atom. The molecule has 2 heterocycles. The van der Waals surface area contributed by atoms with Gasteiger partial charge in [-0.15, -0.1) is 0 Å². The third kappa shape index (κ3) is 3.32. The Labute approximate surface area is 103 Å². The second-order valence-corrected chi connectivity index (χ2v) is 4.55. The van der Waals surface area contributed by atoms with Gasteiger partial charge in [0.05, 0.1) is 24.0 Å². The van der Waals surface area contributed by atoms with Crippen LogP contribution in [0.15, 0.2) is 12.4 Å². The van der Waals surface area contributed by atoms with Crippen LogP contribution in [0.4, 0.5) is 19.0 Å². The Kier molecular flexibility index (Phi) is 3.70. The molecule has 1 aliphatic heterocycles. The van der Waals surface area contributed by atoms with E-state index >= 15 is 0 Å². The monoisotopic (exact) mass is 260 g/mol. The highest BCUT2D eigenvalue weighted by Gasteiger charge is 2.41. The molecule has 0 spiro atoms. The second-order valence-electron chi connectivity index (χ2n) is 4.55. The Morgan fingerprint density at radius 1 is 1.33 bits per heavy atom. The molecule has 0 radical (unpaired) electrons. The maximum Gasteiger partial charge on any atom is 0.393 e. The number of nitrogens with two attached hydrogens (primary N) is 1. The van der Waals surface area contributed by atoms with E-state index in [1.54, 1.807) is 4.90 Å². The van der Waals surface area contributed by atoms with Gasteiger partial charge in [-0.1, -0.05) is 0 Å². The molecule has 1 atom stereocenters. The molecule has 18 heavy (non-hydrogen) atoms. The van der Waals surface area contributed by atoms with Gasteiger partial charge in [-0.25, -0.2) is 4.98 Å². The zero-order chi connectivity index (χ0) is 13.2. The van der Waals surface area contributed by atoms with E-state index in [1.807, 2.05) is 0 Å². The molecule has 0 aromatic carbocycles. The molecule has 1 aliphatic rings. The lowest BCUT2D eigenvalue weighted by Crippen LogP contribution is -2.41. The third-order valence-corrected chi connectivity index (χ3v) is 3.08. The normalized spacial score (nSPS) is 22.1. The lowest BCUT2D eigenvalue weighted by molar-refractivity contribution is -0.187. The van der Waals surface area contributed by atoms with Crippen molar-refractivity contribution in [3.8, 4) is 0 Å². The second kappa shape index (κ2) is 5.09. The van der Waals surface area contributed by atoms with Crippen LogP contribution in [-0.4, -0.2) is 34.1 Å². The largest absolute Gasteiger partial charge is 0.393 e. The lowest BCUT2D eigenvalue weighted by Gasteiger charge is -2.33. The summed E-state index contributed by atoms with van der Waals surface area (Å²) in [6.45, 7) is 1.09. The molecule has 1 aromatic rings. The molecule has 100 valence electrons. The number of aromatic nitrogens is 2. The topological polar surface area (TPSA) is 55.0 Å². The highest BCUT2D eigenvalue weighted by atomic mass is 19.4. The first-order valence-electron chi connectivity index (χ1n) is 5.80. The minimum atomic E-state index is -4.11. The van der Waals surface area contributed by atoms with Crippen LogP contribution < -0.4 is 5.73 Å². The van der Waals surface area contributed by atoms with Crippen molar-refractivity contribution in [1.82, 2.24) is 14.9 Å². The zero-order valence-electron chi connectivity index (χ0n) is 9.82. The Hall–Kier alpha value is -1.37.